The molecule has 35 heavy (non-hydrogen) atoms. The molecule has 2 aromatic carbocycles. The number of furan rings is 1. The van der Waals surface area contributed by atoms with Crippen LogP contribution >= 0.6 is 0 Å². The number of hydrogen-bond acceptors (Lipinski definition) is 5. The Labute approximate surface area is 203 Å². The van der Waals surface area contributed by atoms with Crippen molar-refractivity contribution in [2.24, 2.45) is 0 Å². The molecule has 0 aliphatic carbocycles. The van der Waals surface area contributed by atoms with Crippen LogP contribution in [0.2, 0.25) is 0 Å². The van der Waals surface area contributed by atoms with Crippen molar-refractivity contribution in [2.45, 2.75) is 26.0 Å². The molecule has 3 heterocycles. The summed E-state index contributed by atoms with van der Waals surface area (Å²) in [4.78, 5) is 28.5. The molecule has 182 valence electrons. The van der Waals surface area contributed by atoms with E-state index in [9.17, 15) is 14.0 Å². The number of ether oxygens (including phenoxy) is 2. The maximum Gasteiger partial charge on any atom is 0.289 e. The lowest BCUT2D eigenvalue weighted by molar-refractivity contribution is -0.130. The van der Waals surface area contributed by atoms with Crippen LogP contribution in [0.15, 0.2) is 59.0 Å². The van der Waals surface area contributed by atoms with Crippen molar-refractivity contribution < 1.29 is 27.9 Å². The first-order valence-electron chi connectivity index (χ1n) is 11.7. The van der Waals surface area contributed by atoms with Crippen LogP contribution in [0.1, 0.15) is 46.0 Å². The van der Waals surface area contributed by atoms with Gasteiger partial charge in [0.15, 0.2) is 5.76 Å². The predicted molar refractivity (Wildman–Crippen MR) is 126 cm³/mol. The molecule has 1 saturated heterocycles. The van der Waals surface area contributed by atoms with Crippen molar-refractivity contribution in [3.05, 3.63) is 88.6 Å². The lowest BCUT2D eigenvalue weighted by atomic mass is 9.88. The van der Waals surface area contributed by atoms with Gasteiger partial charge in [-0.25, -0.2) is 4.39 Å². The van der Waals surface area contributed by atoms with Gasteiger partial charge in [0.1, 0.15) is 23.9 Å². The molecule has 2 aliphatic rings. The van der Waals surface area contributed by atoms with E-state index >= 15 is 0 Å². The first kappa shape index (κ1) is 23.1. The molecule has 0 N–H and O–H groups in total. The molecule has 1 fully saturated rings. The zero-order valence-electron chi connectivity index (χ0n) is 19.5. The summed E-state index contributed by atoms with van der Waals surface area (Å²) in [5, 5.41) is 0. The van der Waals surface area contributed by atoms with Gasteiger partial charge in [-0.1, -0.05) is 18.2 Å². The van der Waals surface area contributed by atoms with Gasteiger partial charge in [0, 0.05) is 26.6 Å². The van der Waals surface area contributed by atoms with E-state index in [4.69, 9.17) is 13.9 Å². The third-order valence-electron chi connectivity index (χ3n) is 6.49. The first-order chi connectivity index (χ1) is 17.0. The fourth-order valence-electron chi connectivity index (χ4n) is 4.67. The maximum absolute atomic E-state index is 13.5. The molecule has 2 aliphatic heterocycles. The summed E-state index contributed by atoms with van der Waals surface area (Å²) in [7, 11) is 0. The van der Waals surface area contributed by atoms with Gasteiger partial charge in [-0.15, -0.1) is 0 Å². The summed E-state index contributed by atoms with van der Waals surface area (Å²) in [5.74, 6) is 0.938. The van der Waals surface area contributed by atoms with Crippen molar-refractivity contribution in [2.75, 3.05) is 32.8 Å². The summed E-state index contributed by atoms with van der Waals surface area (Å²) in [6.07, 6.45) is 0.734. The predicted octanol–water partition coefficient (Wildman–Crippen LogP) is 3.96. The highest BCUT2D eigenvalue weighted by molar-refractivity contribution is 5.91. The van der Waals surface area contributed by atoms with E-state index in [2.05, 4.69) is 0 Å². The third-order valence-corrected chi connectivity index (χ3v) is 6.49. The number of fused-ring (bicyclic) bond motifs is 1. The second-order valence-corrected chi connectivity index (χ2v) is 8.74. The highest BCUT2D eigenvalue weighted by Crippen LogP contribution is 2.37. The fraction of sp³-hybridized carbons (Fsp3) is 0.333. The van der Waals surface area contributed by atoms with E-state index in [1.54, 1.807) is 41.0 Å². The Morgan fingerprint density at radius 1 is 1.03 bits per heavy atom. The fourth-order valence-corrected chi connectivity index (χ4v) is 4.67. The quantitative estimate of drug-likeness (QED) is 0.555. The number of morpholine rings is 1. The molecule has 0 saturated carbocycles. The highest BCUT2D eigenvalue weighted by Gasteiger charge is 2.31. The van der Waals surface area contributed by atoms with Gasteiger partial charge in [0.2, 0.25) is 5.91 Å². The molecule has 0 radical (unpaired) electrons. The summed E-state index contributed by atoms with van der Waals surface area (Å²) in [6, 6.07) is 15.2. The Morgan fingerprint density at radius 2 is 1.80 bits per heavy atom. The second-order valence-electron chi connectivity index (χ2n) is 8.74. The Bertz CT molecular complexity index is 1220. The van der Waals surface area contributed by atoms with Crippen LogP contribution in [-0.2, 0) is 22.6 Å². The van der Waals surface area contributed by atoms with Crippen LogP contribution in [0.5, 0.6) is 5.75 Å². The molecule has 0 spiro atoms. The topological polar surface area (TPSA) is 72.2 Å². The summed E-state index contributed by atoms with van der Waals surface area (Å²) < 4.78 is 30.6. The minimum atomic E-state index is -0.318. The Morgan fingerprint density at radius 3 is 2.54 bits per heavy atom. The monoisotopic (exact) mass is 478 g/mol. The van der Waals surface area contributed by atoms with Crippen LogP contribution < -0.4 is 4.74 Å². The number of halogens is 1. The third kappa shape index (κ3) is 4.93. The summed E-state index contributed by atoms with van der Waals surface area (Å²) in [6.45, 7) is 4.46. The van der Waals surface area contributed by atoms with E-state index in [0.29, 0.717) is 44.4 Å². The molecular weight excluding hydrogens is 451 g/mol. The van der Waals surface area contributed by atoms with Crippen LogP contribution in [0.25, 0.3) is 0 Å². The lowest BCUT2D eigenvalue weighted by Crippen LogP contribution is -2.40. The standard InChI is InChI=1S/C27H27FN2O5/c1-18(31)30-11-10-19-4-7-22(16-24(19)26(30)20-2-5-21(28)6-3-20)34-17-23-8-9-25(35-23)27(32)29-12-14-33-15-13-29/h2-9,16,26H,10-15,17H2,1H3. The largest absolute Gasteiger partial charge is 0.486 e. The van der Waals surface area contributed by atoms with Crippen LogP contribution in [0.3, 0.4) is 0 Å². The van der Waals surface area contributed by atoms with Crippen molar-refractivity contribution in [3.63, 3.8) is 0 Å². The number of carbonyl (C=O) groups is 2. The molecule has 1 aromatic heterocycles. The molecule has 7 nitrogen and oxygen atoms in total. The first-order valence-corrected chi connectivity index (χ1v) is 11.7. The maximum atomic E-state index is 13.5. The van der Waals surface area contributed by atoms with E-state index in [1.165, 1.54) is 12.1 Å². The lowest BCUT2D eigenvalue weighted by Gasteiger charge is -2.37. The van der Waals surface area contributed by atoms with Gasteiger partial charge in [-0.05, 0) is 59.5 Å². The highest BCUT2D eigenvalue weighted by atomic mass is 19.1. The smallest absolute Gasteiger partial charge is 0.289 e. The van der Waals surface area contributed by atoms with E-state index in [1.807, 2.05) is 18.2 Å². The molecule has 0 bridgehead atoms. The van der Waals surface area contributed by atoms with E-state index in [-0.39, 0.29) is 36.0 Å². The van der Waals surface area contributed by atoms with Crippen LogP contribution in [-0.4, -0.2) is 54.5 Å². The molecule has 1 atom stereocenters. The number of nitrogens with zero attached hydrogens (tertiary/aromatic N) is 2. The average Bonchev–Trinajstić information content (AvgIpc) is 3.36. The zero-order chi connectivity index (χ0) is 24.4. The van der Waals surface area contributed by atoms with Gasteiger partial charge >= 0.3 is 0 Å². The number of amides is 2. The van der Waals surface area contributed by atoms with Gasteiger partial charge < -0.3 is 23.7 Å². The summed E-state index contributed by atoms with van der Waals surface area (Å²) in [5.41, 5.74) is 2.93. The van der Waals surface area contributed by atoms with Crippen molar-refractivity contribution in [3.8, 4) is 5.75 Å². The summed E-state index contributed by atoms with van der Waals surface area (Å²) >= 11 is 0. The van der Waals surface area contributed by atoms with Gasteiger partial charge in [0.25, 0.3) is 5.91 Å². The van der Waals surface area contributed by atoms with Gasteiger partial charge in [-0.3, -0.25) is 9.59 Å². The molecular formula is C27H27FN2O5. The van der Waals surface area contributed by atoms with Crippen LogP contribution in [0.4, 0.5) is 4.39 Å². The molecule has 1 unspecified atom stereocenters. The SMILES string of the molecule is CC(=O)N1CCc2ccc(OCc3ccc(C(=O)N4CCOCC4)o3)cc2C1c1ccc(F)cc1. The molecule has 5 rings (SSSR count). The average molecular weight is 479 g/mol. The Kier molecular flexibility index (Phi) is 6.55. The number of carbonyl (C=O) groups excluding carboxylic acids is 2. The minimum Gasteiger partial charge on any atom is -0.486 e. The molecule has 2 amide bonds. The normalized spacial score (nSPS) is 17.7. The number of rotatable bonds is 5. The minimum absolute atomic E-state index is 0.0376. The van der Waals surface area contributed by atoms with E-state index in [0.717, 1.165) is 23.1 Å². The van der Waals surface area contributed by atoms with Gasteiger partial charge in [0.05, 0.1) is 19.3 Å². The number of hydrogen-bond donors (Lipinski definition) is 0. The van der Waals surface area contributed by atoms with Crippen molar-refractivity contribution >= 4 is 11.8 Å². The second kappa shape index (κ2) is 9.92. The Hall–Kier alpha value is -3.65. The number of benzene rings is 2. The molecule has 8 heteroatoms. The Balaban J connectivity index is 1.34. The van der Waals surface area contributed by atoms with Crippen molar-refractivity contribution in [1.82, 2.24) is 9.80 Å². The van der Waals surface area contributed by atoms with E-state index < -0.39 is 0 Å². The van der Waals surface area contributed by atoms with Crippen LogP contribution in [0, 0.1) is 5.82 Å². The zero-order valence-corrected chi connectivity index (χ0v) is 19.5. The van der Waals surface area contributed by atoms with Gasteiger partial charge in [-0.2, -0.15) is 0 Å². The van der Waals surface area contributed by atoms with Crippen molar-refractivity contribution in [1.29, 1.82) is 0 Å². The molecule has 3 aromatic rings.